The van der Waals surface area contributed by atoms with E-state index in [0.717, 1.165) is 4.57 Å². The molecule has 0 bridgehead atoms. The summed E-state index contributed by atoms with van der Waals surface area (Å²) >= 11 is 6.05. The smallest absolute Gasteiger partial charge is 0.331 e. The third-order valence-corrected chi connectivity index (χ3v) is 6.41. The minimum Gasteiger partial charge on any atom is -0.331 e. The predicted octanol–water partition coefficient (Wildman–Crippen LogP) is 4.07. The zero-order valence-corrected chi connectivity index (χ0v) is 16.9. The Balaban J connectivity index is 2.02. The predicted molar refractivity (Wildman–Crippen MR) is 98.6 cm³/mol. The van der Waals surface area contributed by atoms with Gasteiger partial charge in [-0.3, -0.25) is 4.79 Å². The fourth-order valence-corrected chi connectivity index (χ4v) is 4.95. The highest BCUT2D eigenvalue weighted by molar-refractivity contribution is 7.89. The first-order valence-corrected chi connectivity index (χ1v) is 10.2. The van der Waals surface area contributed by atoms with Crippen LogP contribution in [-0.4, -0.2) is 31.1 Å². The van der Waals surface area contributed by atoms with Crippen molar-refractivity contribution in [3.63, 3.8) is 0 Å². The van der Waals surface area contributed by atoms with Gasteiger partial charge in [0.25, 0.3) is 5.91 Å². The Morgan fingerprint density at radius 1 is 1.19 bits per heavy atom. The fourth-order valence-electron chi connectivity index (χ4n) is 2.86. The van der Waals surface area contributed by atoms with E-state index in [1.807, 2.05) is 0 Å². The van der Waals surface area contributed by atoms with Crippen molar-refractivity contribution in [1.82, 2.24) is 9.29 Å². The van der Waals surface area contributed by atoms with Gasteiger partial charge in [-0.2, -0.15) is 17.9 Å². The van der Waals surface area contributed by atoms with Crippen molar-refractivity contribution in [2.45, 2.75) is 30.6 Å². The minimum atomic E-state index is -4.88. The molecular formula is C17H12ClF6N3O3S. The van der Waals surface area contributed by atoms with Crippen molar-refractivity contribution in [3.8, 4) is 0 Å². The number of carbonyl (C=O) groups excluding carboxylic acids is 1. The molecule has 1 aliphatic rings. The van der Waals surface area contributed by atoms with Crippen LogP contribution in [0, 0.1) is 17.5 Å². The van der Waals surface area contributed by atoms with Gasteiger partial charge in [0.05, 0.1) is 10.7 Å². The highest BCUT2D eigenvalue weighted by atomic mass is 35.5. The van der Waals surface area contributed by atoms with Crippen LogP contribution in [0.5, 0.6) is 0 Å². The van der Waals surface area contributed by atoms with Crippen LogP contribution >= 0.6 is 11.6 Å². The normalized spacial score (nSPS) is 14.6. The molecule has 168 valence electrons. The Morgan fingerprint density at radius 3 is 2.32 bits per heavy atom. The standard InChI is InChI=1S/C17H12ClF6N3O3S/c1-7(17(22,23)24)26-31(29,30)15-11-3-2-4-27(11)14(12(15)18)16(28)25-8-5-9(19)13(21)10(20)6-8/h2-3,5-7,26H,4H2,1H3,(H,25,28). The van der Waals surface area contributed by atoms with Crippen molar-refractivity contribution in [1.29, 1.82) is 0 Å². The highest BCUT2D eigenvalue weighted by Crippen LogP contribution is 2.36. The van der Waals surface area contributed by atoms with Crippen molar-refractivity contribution in [3.05, 3.63) is 52.1 Å². The molecule has 2 heterocycles. The van der Waals surface area contributed by atoms with Crippen LogP contribution in [0.2, 0.25) is 5.02 Å². The molecule has 1 amide bonds. The summed E-state index contributed by atoms with van der Waals surface area (Å²) in [5, 5.41) is 1.36. The van der Waals surface area contributed by atoms with E-state index in [1.54, 1.807) is 0 Å². The molecule has 0 aliphatic carbocycles. The van der Waals surface area contributed by atoms with Gasteiger partial charge in [-0.25, -0.2) is 21.6 Å². The Labute approximate surface area is 176 Å². The summed E-state index contributed by atoms with van der Waals surface area (Å²) in [6, 6.07) is -1.47. The van der Waals surface area contributed by atoms with Gasteiger partial charge in [0.15, 0.2) is 17.5 Å². The minimum absolute atomic E-state index is 0.0473. The number of sulfonamides is 1. The molecule has 0 spiro atoms. The maximum atomic E-state index is 13.4. The average Bonchev–Trinajstić information content (AvgIpc) is 3.17. The number of amides is 1. The van der Waals surface area contributed by atoms with Gasteiger partial charge in [-0.05, 0) is 13.0 Å². The summed E-state index contributed by atoms with van der Waals surface area (Å²) in [5.41, 5.74) is -1.13. The molecule has 0 saturated heterocycles. The fraction of sp³-hybridized carbons (Fsp3) is 0.235. The van der Waals surface area contributed by atoms with E-state index in [0.29, 0.717) is 19.1 Å². The quantitative estimate of drug-likeness (QED) is 0.493. The molecule has 1 atom stereocenters. The number of nitrogens with zero attached hydrogens (tertiary/aromatic N) is 1. The number of allylic oxidation sites excluding steroid dienone is 1. The molecule has 2 N–H and O–H groups in total. The molecule has 2 aromatic rings. The first kappa shape index (κ1) is 23.2. The summed E-state index contributed by atoms with van der Waals surface area (Å²) in [5.74, 6) is -6.05. The van der Waals surface area contributed by atoms with Crippen LogP contribution in [0.15, 0.2) is 23.1 Å². The lowest BCUT2D eigenvalue weighted by atomic mass is 10.2. The van der Waals surface area contributed by atoms with Crippen LogP contribution in [0.4, 0.5) is 32.0 Å². The molecule has 3 rings (SSSR count). The number of rotatable bonds is 5. The first-order chi connectivity index (χ1) is 14.2. The summed E-state index contributed by atoms with van der Waals surface area (Å²) in [6.07, 6.45) is -2.21. The summed E-state index contributed by atoms with van der Waals surface area (Å²) < 4.78 is 106. The Kier molecular flexibility index (Phi) is 5.88. The van der Waals surface area contributed by atoms with Gasteiger partial charge < -0.3 is 9.88 Å². The largest absolute Gasteiger partial charge is 0.404 e. The number of alkyl halides is 3. The Morgan fingerprint density at radius 2 is 1.77 bits per heavy atom. The van der Waals surface area contributed by atoms with Gasteiger partial charge in [0.2, 0.25) is 10.0 Å². The van der Waals surface area contributed by atoms with E-state index in [4.69, 9.17) is 11.6 Å². The molecule has 0 fully saturated rings. The highest BCUT2D eigenvalue weighted by Gasteiger charge is 2.41. The summed E-state index contributed by atoms with van der Waals surface area (Å²) in [6.45, 7) is 0.539. The van der Waals surface area contributed by atoms with Crippen LogP contribution in [0.1, 0.15) is 23.1 Å². The van der Waals surface area contributed by atoms with Gasteiger partial charge in [-0.1, -0.05) is 17.7 Å². The lowest BCUT2D eigenvalue weighted by Crippen LogP contribution is -2.43. The molecule has 6 nitrogen and oxygen atoms in total. The first-order valence-electron chi connectivity index (χ1n) is 8.37. The molecule has 14 heteroatoms. The lowest BCUT2D eigenvalue weighted by Gasteiger charge is -2.17. The molecule has 1 aliphatic heterocycles. The second kappa shape index (κ2) is 7.88. The Bertz CT molecular complexity index is 1180. The van der Waals surface area contributed by atoms with Gasteiger partial charge in [0, 0.05) is 24.4 Å². The van der Waals surface area contributed by atoms with Crippen LogP contribution in [-0.2, 0) is 16.6 Å². The van der Waals surface area contributed by atoms with E-state index < -0.39 is 66.9 Å². The van der Waals surface area contributed by atoms with Crippen molar-refractivity contribution < 1.29 is 39.6 Å². The molecule has 0 radical (unpaired) electrons. The molecule has 31 heavy (non-hydrogen) atoms. The maximum absolute atomic E-state index is 13.4. The van der Waals surface area contributed by atoms with E-state index in [2.05, 4.69) is 5.32 Å². The van der Waals surface area contributed by atoms with E-state index in [9.17, 15) is 39.6 Å². The third kappa shape index (κ3) is 4.29. The number of hydrogen-bond donors (Lipinski definition) is 2. The van der Waals surface area contributed by atoms with Crippen LogP contribution in [0.3, 0.4) is 0 Å². The van der Waals surface area contributed by atoms with E-state index in [1.165, 1.54) is 16.9 Å². The van der Waals surface area contributed by atoms with Gasteiger partial charge in [-0.15, -0.1) is 0 Å². The lowest BCUT2D eigenvalue weighted by molar-refractivity contribution is -0.147. The number of halogens is 7. The molecule has 1 aromatic carbocycles. The monoisotopic (exact) mass is 487 g/mol. The second-order valence-electron chi connectivity index (χ2n) is 6.48. The topological polar surface area (TPSA) is 80.2 Å². The molecule has 1 unspecified atom stereocenters. The summed E-state index contributed by atoms with van der Waals surface area (Å²) in [4.78, 5) is 11.9. The summed E-state index contributed by atoms with van der Waals surface area (Å²) in [7, 11) is -4.83. The van der Waals surface area contributed by atoms with Crippen LogP contribution in [0.25, 0.3) is 6.08 Å². The van der Waals surface area contributed by atoms with Crippen LogP contribution < -0.4 is 10.0 Å². The molecule has 1 aromatic heterocycles. The Hall–Kier alpha value is -2.51. The number of fused-ring (bicyclic) bond motifs is 1. The third-order valence-electron chi connectivity index (χ3n) is 4.31. The maximum Gasteiger partial charge on any atom is 0.404 e. The number of nitrogens with one attached hydrogen (secondary N) is 2. The van der Waals surface area contributed by atoms with Crippen molar-refractivity contribution in [2.75, 3.05) is 5.32 Å². The second-order valence-corrected chi connectivity index (χ2v) is 8.51. The number of carbonyl (C=O) groups is 1. The van der Waals surface area contributed by atoms with E-state index in [-0.39, 0.29) is 12.2 Å². The average molecular weight is 488 g/mol. The number of benzene rings is 1. The number of hydrogen-bond acceptors (Lipinski definition) is 3. The molecular weight excluding hydrogens is 476 g/mol. The van der Waals surface area contributed by atoms with Crippen molar-refractivity contribution in [2.24, 2.45) is 0 Å². The number of anilines is 1. The number of aromatic nitrogens is 1. The van der Waals surface area contributed by atoms with Gasteiger partial charge in [0.1, 0.15) is 16.6 Å². The van der Waals surface area contributed by atoms with Gasteiger partial charge >= 0.3 is 6.18 Å². The van der Waals surface area contributed by atoms with Crippen molar-refractivity contribution >= 4 is 39.3 Å². The zero-order valence-electron chi connectivity index (χ0n) is 15.3. The molecule has 0 saturated carbocycles. The zero-order chi connectivity index (χ0) is 23.3. The van der Waals surface area contributed by atoms with E-state index >= 15 is 0 Å². The SMILES string of the molecule is CC(NS(=O)(=O)c1c(Cl)c(C(=O)Nc2cc(F)c(F)c(F)c2)n2c1C=CC2)C(F)(F)F.